The summed E-state index contributed by atoms with van der Waals surface area (Å²) in [4.78, 5) is 0. The largest absolute Gasteiger partial charge is 0.0952 e. The Hall–Kier alpha value is -3.38. The average Bonchev–Trinajstić information content (AvgIpc) is 3.24. The molecular formula is C33H32. The molecule has 0 aliphatic heterocycles. The third kappa shape index (κ3) is 4.86. The predicted octanol–water partition coefficient (Wildman–Crippen LogP) is 8.41. The van der Waals surface area contributed by atoms with Crippen LogP contribution < -0.4 is 0 Å². The van der Waals surface area contributed by atoms with Gasteiger partial charge in [-0.25, -0.2) is 0 Å². The van der Waals surface area contributed by atoms with Crippen LogP contribution in [0.1, 0.15) is 30.4 Å². The van der Waals surface area contributed by atoms with Gasteiger partial charge in [0.05, 0.1) is 0 Å². The van der Waals surface area contributed by atoms with E-state index in [0.29, 0.717) is 11.8 Å². The van der Waals surface area contributed by atoms with Crippen LogP contribution in [0.4, 0.5) is 0 Å². The van der Waals surface area contributed by atoms with Crippen LogP contribution >= 0.6 is 0 Å². The molecular weight excluding hydrogens is 396 g/mol. The van der Waals surface area contributed by atoms with Crippen molar-refractivity contribution in [2.24, 2.45) is 11.8 Å². The molecule has 5 rings (SSSR count). The van der Waals surface area contributed by atoms with Crippen molar-refractivity contribution in [1.82, 2.24) is 0 Å². The van der Waals surface area contributed by atoms with Crippen LogP contribution in [-0.4, -0.2) is 0 Å². The predicted molar refractivity (Wildman–Crippen MR) is 142 cm³/mol. The molecule has 0 saturated carbocycles. The van der Waals surface area contributed by atoms with Crippen LogP contribution in [0, 0.1) is 18.8 Å². The molecule has 0 aromatic heterocycles. The van der Waals surface area contributed by atoms with Crippen molar-refractivity contribution >= 4 is 0 Å². The Labute approximate surface area is 198 Å². The number of aryl methyl sites for hydroxylation is 2. The first-order valence-corrected chi connectivity index (χ1v) is 12.1. The Kier molecular flexibility index (Phi) is 6.01. The zero-order valence-corrected chi connectivity index (χ0v) is 19.6. The number of hydrogen-bond donors (Lipinski definition) is 0. The lowest BCUT2D eigenvalue weighted by molar-refractivity contribution is 0.904. The molecule has 2 atom stereocenters. The van der Waals surface area contributed by atoms with Gasteiger partial charge in [0.2, 0.25) is 0 Å². The molecule has 0 saturated heterocycles. The summed E-state index contributed by atoms with van der Waals surface area (Å²) < 4.78 is 0. The minimum absolute atomic E-state index is 0.329. The van der Waals surface area contributed by atoms with Crippen molar-refractivity contribution in [2.75, 3.05) is 0 Å². The first-order chi connectivity index (χ1) is 16.0. The third-order valence-corrected chi connectivity index (χ3v) is 7.09. The fourth-order valence-electron chi connectivity index (χ4n) is 5.03. The van der Waals surface area contributed by atoms with Gasteiger partial charge in [0.1, 0.15) is 0 Å². The second kappa shape index (κ2) is 9.24. The summed E-state index contributed by atoms with van der Waals surface area (Å²) in [6.45, 7) is 10.8. The van der Waals surface area contributed by atoms with Crippen LogP contribution in [0.3, 0.4) is 0 Å². The van der Waals surface area contributed by atoms with E-state index in [4.69, 9.17) is 0 Å². The molecule has 0 heteroatoms. The summed E-state index contributed by atoms with van der Waals surface area (Å²) in [6, 6.07) is 8.92. The van der Waals surface area contributed by atoms with Gasteiger partial charge in [0.25, 0.3) is 0 Å². The van der Waals surface area contributed by atoms with Gasteiger partial charge in [-0.2, -0.15) is 0 Å². The number of benzene rings is 1. The third-order valence-electron chi connectivity index (χ3n) is 7.09. The van der Waals surface area contributed by atoms with Crippen molar-refractivity contribution in [1.29, 1.82) is 0 Å². The Morgan fingerprint density at radius 2 is 1.64 bits per heavy atom. The second-order valence-corrected chi connectivity index (χ2v) is 9.62. The van der Waals surface area contributed by atoms with Crippen molar-refractivity contribution in [3.63, 3.8) is 0 Å². The number of allylic oxidation sites excluding steroid dienone is 18. The maximum absolute atomic E-state index is 4.40. The molecule has 0 N–H and O–H groups in total. The van der Waals surface area contributed by atoms with Crippen molar-refractivity contribution in [3.05, 3.63) is 154 Å². The van der Waals surface area contributed by atoms with Crippen molar-refractivity contribution in [2.45, 2.75) is 32.6 Å². The second-order valence-electron chi connectivity index (χ2n) is 9.62. The molecule has 0 fully saturated rings. The van der Waals surface area contributed by atoms with Gasteiger partial charge in [0.15, 0.2) is 0 Å². The van der Waals surface area contributed by atoms with E-state index in [-0.39, 0.29) is 0 Å². The lowest BCUT2D eigenvalue weighted by Gasteiger charge is -2.24. The zero-order chi connectivity index (χ0) is 22.8. The lowest BCUT2D eigenvalue weighted by atomic mass is 9.80. The maximum atomic E-state index is 4.40. The van der Waals surface area contributed by atoms with Crippen LogP contribution in [0.25, 0.3) is 0 Å². The van der Waals surface area contributed by atoms with E-state index >= 15 is 0 Å². The van der Waals surface area contributed by atoms with Crippen molar-refractivity contribution < 1.29 is 0 Å². The summed E-state index contributed by atoms with van der Waals surface area (Å²) >= 11 is 0. The summed E-state index contributed by atoms with van der Waals surface area (Å²) in [5, 5.41) is 0. The minimum Gasteiger partial charge on any atom is -0.0952 e. The molecule has 0 bridgehead atoms. The van der Waals surface area contributed by atoms with E-state index in [9.17, 15) is 0 Å². The molecule has 0 radical (unpaired) electrons. The topological polar surface area (TPSA) is 0 Å². The monoisotopic (exact) mass is 428 g/mol. The van der Waals surface area contributed by atoms with E-state index < -0.39 is 0 Å². The lowest BCUT2D eigenvalue weighted by Crippen LogP contribution is -2.09. The molecule has 0 spiro atoms. The number of rotatable bonds is 7. The summed E-state index contributed by atoms with van der Waals surface area (Å²) in [7, 11) is 0. The molecule has 4 aliphatic rings. The first kappa shape index (κ1) is 21.5. The summed E-state index contributed by atoms with van der Waals surface area (Å²) in [5.41, 5.74) is 11.9. The quantitative estimate of drug-likeness (QED) is 0.409. The fraction of sp³-hybridized carbons (Fsp3) is 0.212. The zero-order valence-electron chi connectivity index (χ0n) is 19.6. The Morgan fingerprint density at radius 3 is 2.48 bits per heavy atom. The van der Waals surface area contributed by atoms with Gasteiger partial charge in [-0.1, -0.05) is 121 Å². The summed E-state index contributed by atoms with van der Waals surface area (Å²) in [5.74, 6) is 0.762. The van der Waals surface area contributed by atoms with Crippen LogP contribution in [0.15, 0.2) is 143 Å². The van der Waals surface area contributed by atoms with E-state index in [2.05, 4.69) is 111 Å². The molecule has 1 aromatic carbocycles. The normalized spacial score (nSPS) is 22.7. The highest BCUT2D eigenvalue weighted by atomic mass is 14.3. The molecule has 4 aliphatic carbocycles. The number of hydrogen-bond acceptors (Lipinski definition) is 0. The van der Waals surface area contributed by atoms with Gasteiger partial charge in [-0.15, -0.1) is 0 Å². The van der Waals surface area contributed by atoms with E-state index in [1.165, 1.54) is 44.6 Å². The Bertz CT molecular complexity index is 1230. The summed E-state index contributed by atoms with van der Waals surface area (Å²) in [6.07, 6.45) is 29.2. The fourth-order valence-corrected chi connectivity index (χ4v) is 5.03. The Balaban J connectivity index is 1.18. The van der Waals surface area contributed by atoms with Gasteiger partial charge in [0, 0.05) is 11.8 Å². The minimum atomic E-state index is 0.329. The van der Waals surface area contributed by atoms with Crippen molar-refractivity contribution in [3.8, 4) is 0 Å². The van der Waals surface area contributed by atoms with Gasteiger partial charge in [-0.05, 0) is 66.0 Å². The molecule has 0 amide bonds. The maximum Gasteiger partial charge on any atom is 0.0267 e. The first-order valence-electron chi connectivity index (χ1n) is 12.1. The van der Waals surface area contributed by atoms with Crippen LogP contribution in [-0.2, 0) is 6.42 Å². The molecule has 0 nitrogen and oxygen atoms in total. The molecule has 164 valence electrons. The molecule has 0 heterocycles. The molecule has 1 aromatic rings. The smallest absolute Gasteiger partial charge is 0.0267 e. The standard InChI is InChI=1S/C33H32/c1-23-8-11-26(12-9-23)14-15-27-16-17-29-20-28(21-32(29)19-27)13-10-24(2)31-18-25(3)33-7-5-4-6-30(33)22-31/h4-9,11-12,16-22,32-33H,2-3,10,13-15H2,1H3. The van der Waals surface area contributed by atoms with E-state index in [0.717, 1.165) is 31.3 Å². The van der Waals surface area contributed by atoms with E-state index in [1.54, 1.807) is 0 Å². The molecule has 33 heavy (non-hydrogen) atoms. The van der Waals surface area contributed by atoms with Gasteiger partial charge >= 0.3 is 0 Å². The van der Waals surface area contributed by atoms with Gasteiger partial charge < -0.3 is 0 Å². The van der Waals surface area contributed by atoms with Crippen LogP contribution in [0.5, 0.6) is 0 Å². The molecule has 2 unspecified atom stereocenters. The highest BCUT2D eigenvalue weighted by Gasteiger charge is 2.21. The highest BCUT2D eigenvalue weighted by Crippen LogP contribution is 2.37. The van der Waals surface area contributed by atoms with E-state index in [1.807, 2.05) is 0 Å². The van der Waals surface area contributed by atoms with Gasteiger partial charge in [-0.3, -0.25) is 0 Å². The highest BCUT2D eigenvalue weighted by molar-refractivity contribution is 5.57. The number of fused-ring (bicyclic) bond motifs is 2. The average molecular weight is 429 g/mol. The van der Waals surface area contributed by atoms with Crippen LogP contribution in [0.2, 0.25) is 0 Å². The SMILES string of the molecule is C=C(CCC1=CC2C=C(CCc3ccc(C)cc3)C=CC2=C1)C1=CC(=C)C2C=CC=CC2=C1. The Morgan fingerprint density at radius 1 is 0.818 bits per heavy atom.